The molecule has 2 rings (SSSR count). The lowest BCUT2D eigenvalue weighted by atomic mass is 9.96. The predicted molar refractivity (Wildman–Crippen MR) is 71.8 cm³/mol. The average molecular weight is 268 g/mol. The Bertz CT molecular complexity index is 412. The summed E-state index contributed by atoms with van der Waals surface area (Å²) in [6.45, 7) is 10.0. The SMILES string of the molecule is CC(NC(=O)NC1C(C)(C)C1(C)C)(C(=O)O)C1CC1. The fourth-order valence-electron chi connectivity index (χ4n) is 2.95. The first kappa shape index (κ1) is 14.2. The van der Waals surface area contributed by atoms with E-state index in [0.29, 0.717) is 0 Å². The smallest absolute Gasteiger partial charge is 0.329 e. The van der Waals surface area contributed by atoms with E-state index in [9.17, 15) is 14.7 Å². The standard InChI is InChI=1S/C14H24N2O3/c1-12(2)9(13(12,3)4)15-11(19)16-14(5,10(17)18)8-6-7-8/h8-9H,6-7H2,1-5H3,(H,17,18)(H2,15,16,19). The maximum absolute atomic E-state index is 12.0. The molecule has 1 unspecified atom stereocenters. The Balaban J connectivity index is 1.97. The van der Waals surface area contributed by atoms with Crippen molar-refractivity contribution in [3.63, 3.8) is 0 Å². The molecule has 2 aliphatic rings. The molecule has 0 spiro atoms. The Labute approximate surface area is 114 Å². The van der Waals surface area contributed by atoms with Crippen LogP contribution in [0.4, 0.5) is 4.79 Å². The van der Waals surface area contributed by atoms with E-state index >= 15 is 0 Å². The number of carboxylic acid groups (broad SMARTS) is 1. The van der Waals surface area contributed by atoms with Crippen molar-refractivity contribution in [1.82, 2.24) is 10.6 Å². The van der Waals surface area contributed by atoms with Crippen LogP contribution in [-0.2, 0) is 4.79 Å². The van der Waals surface area contributed by atoms with Crippen LogP contribution in [-0.4, -0.2) is 28.7 Å². The molecule has 0 saturated heterocycles. The van der Waals surface area contributed by atoms with Crippen LogP contribution >= 0.6 is 0 Å². The molecule has 2 amide bonds. The van der Waals surface area contributed by atoms with Crippen molar-refractivity contribution in [3.8, 4) is 0 Å². The molecule has 2 saturated carbocycles. The molecule has 2 aliphatic carbocycles. The number of carbonyl (C=O) groups is 2. The van der Waals surface area contributed by atoms with E-state index < -0.39 is 11.5 Å². The van der Waals surface area contributed by atoms with Crippen LogP contribution < -0.4 is 10.6 Å². The minimum Gasteiger partial charge on any atom is -0.480 e. The summed E-state index contributed by atoms with van der Waals surface area (Å²) in [5.74, 6) is -0.907. The van der Waals surface area contributed by atoms with Gasteiger partial charge in [-0.05, 0) is 36.5 Å². The van der Waals surface area contributed by atoms with Crippen LogP contribution in [0.3, 0.4) is 0 Å². The first-order valence-corrected chi connectivity index (χ1v) is 6.85. The lowest BCUT2D eigenvalue weighted by molar-refractivity contribution is -0.144. The summed E-state index contributed by atoms with van der Waals surface area (Å²) in [7, 11) is 0. The Morgan fingerprint density at radius 2 is 1.63 bits per heavy atom. The van der Waals surface area contributed by atoms with Gasteiger partial charge in [0.25, 0.3) is 0 Å². The number of hydrogen-bond acceptors (Lipinski definition) is 2. The number of rotatable bonds is 4. The molecular formula is C14H24N2O3. The minimum absolute atomic E-state index is 0.0452. The largest absolute Gasteiger partial charge is 0.480 e. The number of carbonyl (C=O) groups excluding carboxylic acids is 1. The summed E-state index contributed by atoms with van der Waals surface area (Å²) in [4.78, 5) is 23.4. The van der Waals surface area contributed by atoms with Crippen molar-refractivity contribution in [2.24, 2.45) is 16.7 Å². The fourth-order valence-corrected chi connectivity index (χ4v) is 2.95. The van der Waals surface area contributed by atoms with Crippen LogP contribution in [0, 0.1) is 16.7 Å². The third kappa shape index (κ3) is 2.09. The lowest BCUT2D eigenvalue weighted by Crippen LogP contribution is -2.57. The number of amides is 2. The van der Waals surface area contributed by atoms with E-state index in [1.165, 1.54) is 0 Å². The Morgan fingerprint density at radius 3 is 1.95 bits per heavy atom. The topological polar surface area (TPSA) is 78.4 Å². The molecule has 108 valence electrons. The van der Waals surface area contributed by atoms with Gasteiger partial charge in [0, 0.05) is 6.04 Å². The van der Waals surface area contributed by atoms with Crippen LogP contribution in [0.2, 0.25) is 0 Å². The third-order valence-corrected chi connectivity index (χ3v) is 5.51. The summed E-state index contributed by atoms with van der Waals surface area (Å²) in [5, 5.41) is 14.9. The molecule has 19 heavy (non-hydrogen) atoms. The maximum Gasteiger partial charge on any atom is 0.329 e. The summed E-state index contributed by atoms with van der Waals surface area (Å²) in [5.41, 5.74) is -1.06. The monoisotopic (exact) mass is 268 g/mol. The molecule has 0 aliphatic heterocycles. The van der Waals surface area contributed by atoms with Crippen molar-refractivity contribution < 1.29 is 14.7 Å². The molecule has 0 radical (unpaired) electrons. The van der Waals surface area contributed by atoms with Crippen molar-refractivity contribution in [3.05, 3.63) is 0 Å². The normalized spacial score (nSPS) is 27.2. The van der Waals surface area contributed by atoms with Gasteiger partial charge in [-0.2, -0.15) is 0 Å². The molecule has 2 fully saturated rings. The molecule has 0 aromatic rings. The Morgan fingerprint density at radius 1 is 1.16 bits per heavy atom. The van der Waals surface area contributed by atoms with Crippen molar-refractivity contribution in [2.75, 3.05) is 0 Å². The van der Waals surface area contributed by atoms with Gasteiger partial charge in [-0.15, -0.1) is 0 Å². The summed E-state index contributed by atoms with van der Waals surface area (Å²) in [6.07, 6.45) is 1.73. The van der Waals surface area contributed by atoms with Gasteiger partial charge >= 0.3 is 12.0 Å². The minimum atomic E-state index is -1.15. The molecule has 5 heteroatoms. The van der Waals surface area contributed by atoms with E-state index in [1.54, 1.807) is 6.92 Å². The zero-order valence-electron chi connectivity index (χ0n) is 12.3. The van der Waals surface area contributed by atoms with Crippen LogP contribution in [0.5, 0.6) is 0 Å². The highest BCUT2D eigenvalue weighted by molar-refractivity contribution is 5.87. The fraction of sp³-hybridized carbons (Fsp3) is 0.857. The highest BCUT2D eigenvalue weighted by Gasteiger charge is 2.65. The third-order valence-electron chi connectivity index (χ3n) is 5.51. The maximum atomic E-state index is 12.0. The van der Waals surface area contributed by atoms with E-state index in [-0.39, 0.29) is 28.8 Å². The molecular weight excluding hydrogens is 244 g/mol. The lowest BCUT2D eigenvalue weighted by Gasteiger charge is -2.26. The molecule has 0 aromatic carbocycles. The van der Waals surface area contributed by atoms with Gasteiger partial charge in [0.2, 0.25) is 0 Å². The predicted octanol–water partition coefficient (Wildman–Crippen LogP) is 1.97. The summed E-state index contributed by atoms with van der Waals surface area (Å²) < 4.78 is 0. The zero-order chi connectivity index (χ0) is 14.6. The molecule has 0 heterocycles. The first-order chi connectivity index (χ1) is 8.53. The highest BCUT2D eigenvalue weighted by Crippen LogP contribution is 2.62. The van der Waals surface area contributed by atoms with E-state index in [2.05, 4.69) is 38.3 Å². The second-order valence-corrected chi connectivity index (χ2v) is 7.26. The molecule has 3 N–H and O–H groups in total. The molecule has 5 nitrogen and oxygen atoms in total. The number of aliphatic carboxylic acids is 1. The van der Waals surface area contributed by atoms with Gasteiger partial charge in [-0.1, -0.05) is 27.7 Å². The van der Waals surface area contributed by atoms with E-state index in [0.717, 1.165) is 12.8 Å². The van der Waals surface area contributed by atoms with Gasteiger partial charge in [0.1, 0.15) is 5.54 Å². The van der Waals surface area contributed by atoms with Gasteiger partial charge < -0.3 is 15.7 Å². The summed E-state index contributed by atoms with van der Waals surface area (Å²) >= 11 is 0. The molecule has 0 bridgehead atoms. The van der Waals surface area contributed by atoms with Crippen molar-refractivity contribution in [1.29, 1.82) is 0 Å². The van der Waals surface area contributed by atoms with Crippen LogP contribution in [0.25, 0.3) is 0 Å². The highest BCUT2D eigenvalue weighted by atomic mass is 16.4. The van der Waals surface area contributed by atoms with Gasteiger partial charge in [-0.3, -0.25) is 0 Å². The van der Waals surface area contributed by atoms with E-state index in [4.69, 9.17) is 0 Å². The van der Waals surface area contributed by atoms with Crippen LogP contribution in [0.1, 0.15) is 47.5 Å². The average Bonchev–Trinajstić information content (AvgIpc) is 3.13. The van der Waals surface area contributed by atoms with Crippen LogP contribution in [0.15, 0.2) is 0 Å². The summed E-state index contributed by atoms with van der Waals surface area (Å²) in [6, 6.07) is -0.294. The molecule has 1 atom stereocenters. The van der Waals surface area contributed by atoms with Gasteiger partial charge in [0.05, 0.1) is 0 Å². The van der Waals surface area contributed by atoms with Crippen molar-refractivity contribution >= 4 is 12.0 Å². The number of hydrogen-bond donors (Lipinski definition) is 3. The quantitative estimate of drug-likeness (QED) is 0.729. The number of urea groups is 1. The van der Waals surface area contributed by atoms with Crippen molar-refractivity contribution in [2.45, 2.75) is 59.0 Å². The zero-order valence-corrected chi connectivity index (χ0v) is 12.3. The van der Waals surface area contributed by atoms with Gasteiger partial charge in [0.15, 0.2) is 0 Å². The number of carboxylic acids is 1. The second-order valence-electron chi connectivity index (χ2n) is 7.26. The Hall–Kier alpha value is -1.26. The molecule has 0 aromatic heterocycles. The second kappa shape index (κ2) is 3.87. The van der Waals surface area contributed by atoms with Gasteiger partial charge in [-0.25, -0.2) is 9.59 Å². The Kier molecular flexibility index (Phi) is 2.88. The first-order valence-electron chi connectivity index (χ1n) is 6.85. The van der Waals surface area contributed by atoms with E-state index in [1.807, 2.05) is 0 Å². The number of nitrogens with one attached hydrogen (secondary N) is 2.